The van der Waals surface area contributed by atoms with Gasteiger partial charge in [-0.05, 0) is 0 Å². The summed E-state index contributed by atoms with van der Waals surface area (Å²) in [6.07, 6.45) is 0. The van der Waals surface area contributed by atoms with E-state index in [0.29, 0.717) is 0 Å². The van der Waals surface area contributed by atoms with E-state index in [2.05, 4.69) is 4.09 Å². The van der Waals surface area contributed by atoms with Gasteiger partial charge in [0.2, 0.25) is 0 Å². The molecule has 48 valence electrons. The summed E-state index contributed by atoms with van der Waals surface area (Å²) in [4.78, 5) is 0. The number of hydrogen-bond donors (Lipinski definition) is 0. The van der Waals surface area contributed by atoms with Crippen LogP contribution in [0.4, 0.5) is 0 Å². The molecule has 0 saturated carbocycles. The first kappa shape index (κ1) is 9.38. The van der Waals surface area contributed by atoms with Crippen molar-refractivity contribution < 1.29 is 70.1 Å². The molecule has 0 heterocycles. The van der Waals surface area contributed by atoms with Gasteiger partial charge < -0.3 is 0 Å². The normalized spacial score (nSPS) is 9.12. The van der Waals surface area contributed by atoms with Crippen molar-refractivity contribution in [1.29, 1.82) is 0 Å². The maximum absolute atomic E-state index is 10.1. The van der Waals surface area contributed by atoms with Gasteiger partial charge in [-0.25, -0.2) is 0 Å². The predicted molar refractivity (Wildman–Crippen MR) is 4.23 cm³/mol. The van der Waals surface area contributed by atoms with E-state index in [0.717, 1.165) is 0 Å². The van der Waals surface area contributed by atoms with Crippen LogP contribution in [0.15, 0.2) is 0 Å². The van der Waals surface area contributed by atoms with E-state index in [1.807, 2.05) is 0 Å². The minimum absolute atomic E-state index is 1.82. The fourth-order valence-electron chi connectivity index (χ4n) is 0.0567. The van der Waals surface area contributed by atoms with Crippen molar-refractivity contribution in [3.8, 4) is 0 Å². The Labute approximate surface area is 69.5 Å². The van der Waals surface area contributed by atoms with Gasteiger partial charge in [0.15, 0.2) is 0 Å². The Morgan fingerprint density at radius 1 is 1.12 bits per heavy atom. The Balaban J connectivity index is 3.32. The summed E-state index contributed by atoms with van der Waals surface area (Å²) >= 11 is -6.86. The van der Waals surface area contributed by atoms with Crippen molar-refractivity contribution in [3.05, 3.63) is 0 Å². The molecule has 0 aliphatic carbocycles. The molecular weight excluding hydrogens is 368 g/mol. The van der Waals surface area contributed by atoms with Gasteiger partial charge in [-0.15, -0.1) is 0 Å². The third kappa shape index (κ3) is 5.52. The van der Waals surface area contributed by atoms with Gasteiger partial charge in [-0.3, -0.25) is 0 Å². The van der Waals surface area contributed by atoms with Crippen LogP contribution in [0, 0.1) is 0 Å². The van der Waals surface area contributed by atoms with E-state index >= 15 is 0 Å². The van der Waals surface area contributed by atoms with Crippen LogP contribution in [0.1, 0.15) is 0 Å². The van der Waals surface area contributed by atoms with Crippen LogP contribution < -0.4 is 0 Å². The van der Waals surface area contributed by atoms with Gasteiger partial charge in [-0.1, -0.05) is 0 Å². The van der Waals surface area contributed by atoms with Crippen LogP contribution in [0.2, 0.25) is 0 Å². The SMILES string of the molecule is [O]=[Mo][O][Mo](=[O])[O][Mo]=[O]. The fourth-order valence-corrected chi connectivity index (χ4v) is 3.94. The Bertz CT molecular complexity index is 94.2. The molecule has 8 heavy (non-hydrogen) atoms. The van der Waals surface area contributed by atoms with E-state index < -0.39 is 55.8 Å². The quantitative estimate of drug-likeness (QED) is 0.627. The average Bonchev–Trinajstić information content (AvgIpc) is 1.68. The summed E-state index contributed by atoms with van der Waals surface area (Å²) in [5.74, 6) is 0. The van der Waals surface area contributed by atoms with Gasteiger partial charge in [0.05, 0.1) is 0 Å². The van der Waals surface area contributed by atoms with Crippen molar-refractivity contribution in [1.82, 2.24) is 0 Å². The number of rotatable bonds is 4. The summed E-state index contributed by atoms with van der Waals surface area (Å²) < 4.78 is 37.5. The van der Waals surface area contributed by atoms with Crippen molar-refractivity contribution in [2.24, 2.45) is 0 Å². The van der Waals surface area contributed by atoms with Gasteiger partial charge in [0, 0.05) is 0 Å². The Morgan fingerprint density at radius 3 is 1.75 bits per heavy atom. The molecule has 0 aliphatic heterocycles. The summed E-state index contributed by atoms with van der Waals surface area (Å²) in [5.41, 5.74) is 0. The standard InChI is InChI=1S/3Mo.5O. The molecule has 0 fully saturated rings. The third-order valence-electron chi connectivity index (χ3n) is 0.167. The van der Waals surface area contributed by atoms with Gasteiger partial charge in [0.1, 0.15) is 0 Å². The summed E-state index contributed by atoms with van der Waals surface area (Å²) in [7, 11) is 0. The fraction of sp³-hybridized carbons (Fsp3) is 0. The van der Waals surface area contributed by atoms with Crippen molar-refractivity contribution >= 4 is 0 Å². The van der Waals surface area contributed by atoms with Gasteiger partial charge in [-0.2, -0.15) is 0 Å². The van der Waals surface area contributed by atoms with E-state index in [4.69, 9.17) is 0 Å². The first-order valence-electron chi connectivity index (χ1n) is 1.17. The molecule has 0 bridgehead atoms. The molecule has 0 aromatic carbocycles. The number of hydrogen-bond acceptors (Lipinski definition) is 5. The van der Waals surface area contributed by atoms with Crippen LogP contribution in [-0.4, -0.2) is 0 Å². The van der Waals surface area contributed by atoms with Crippen molar-refractivity contribution in [2.75, 3.05) is 0 Å². The molecule has 0 unspecified atom stereocenters. The minimum atomic E-state index is -3.22. The van der Waals surface area contributed by atoms with E-state index in [-0.39, 0.29) is 0 Å². The first-order chi connectivity index (χ1) is 3.81. The average molecular weight is 368 g/mol. The van der Waals surface area contributed by atoms with Crippen LogP contribution >= 0.6 is 0 Å². The Morgan fingerprint density at radius 2 is 1.50 bits per heavy atom. The zero-order valence-electron chi connectivity index (χ0n) is 3.27. The summed E-state index contributed by atoms with van der Waals surface area (Å²) in [5, 5.41) is 0. The molecule has 0 amide bonds. The van der Waals surface area contributed by atoms with Crippen LogP contribution in [0.3, 0.4) is 0 Å². The molecule has 8 heteroatoms. The second kappa shape index (κ2) is 6.50. The molecule has 0 saturated heterocycles. The monoisotopic (exact) mass is 374 g/mol. The first-order valence-corrected chi connectivity index (χ1v) is 6.90. The second-order valence-corrected chi connectivity index (χ2v) is 6.78. The van der Waals surface area contributed by atoms with E-state index in [9.17, 15) is 10.2 Å². The van der Waals surface area contributed by atoms with Crippen LogP contribution in [-0.2, 0) is 70.1 Å². The molecular formula is Mo3O5. The Kier molecular flexibility index (Phi) is 7.63. The van der Waals surface area contributed by atoms with Crippen molar-refractivity contribution in [3.63, 3.8) is 0 Å². The molecule has 0 aromatic heterocycles. The molecule has 0 aromatic rings. The van der Waals surface area contributed by atoms with E-state index in [1.165, 1.54) is 0 Å². The topological polar surface area (TPSA) is 69.7 Å². The molecule has 0 rings (SSSR count). The summed E-state index contributed by atoms with van der Waals surface area (Å²) in [6, 6.07) is 0. The molecule has 0 radical (unpaired) electrons. The summed E-state index contributed by atoms with van der Waals surface area (Å²) in [6.45, 7) is 0. The predicted octanol–water partition coefficient (Wildman–Crippen LogP) is -0.501. The zero-order valence-corrected chi connectivity index (χ0v) is 9.29. The maximum atomic E-state index is 10.1. The molecule has 0 aliphatic rings. The second-order valence-electron chi connectivity index (χ2n) is 0.476. The molecule has 0 N–H and O–H groups in total. The zero-order chi connectivity index (χ0) is 6.41. The third-order valence-corrected chi connectivity index (χ3v) is 5.83. The van der Waals surface area contributed by atoms with Gasteiger partial charge in [0.25, 0.3) is 0 Å². The van der Waals surface area contributed by atoms with Crippen LogP contribution in [0.25, 0.3) is 0 Å². The molecule has 0 atom stereocenters. The van der Waals surface area contributed by atoms with Gasteiger partial charge >= 0.3 is 70.1 Å². The molecule has 5 nitrogen and oxygen atoms in total. The van der Waals surface area contributed by atoms with E-state index in [1.54, 1.807) is 0 Å². The Hall–Kier alpha value is 1.38. The van der Waals surface area contributed by atoms with Crippen LogP contribution in [0.5, 0.6) is 0 Å². The molecule has 0 spiro atoms. The van der Waals surface area contributed by atoms with Crippen molar-refractivity contribution in [2.45, 2.75) is 0 Å².